The average molecular weight is 287 g/mol. The molecule has 3 heteroatoms. The van der Waals surface area contributed by atoms with Gasteiger partial charge in [-0.3, -0.25) is 4.79 Å². The Morgan fingerprint density at radius 3 is 2.81 bits per heavy atom. The average Bonchev–Trinajstić information content (AvgIpc) is 3.29. The molecule has 4 atom stereocenters. The summed E-state index contributed by atoms with van der Waals surface area (Å²) in [5.74, 6) is 1.17. The van der Waals surface area contributed by atoms with Crippen LogP contribution in [0, 0.1) is 11.8 Å². The Hall–Kier alpha value is -1.35. The van der Waals surface area contributed by atoms with Crippen molar-refractivity contribution in [1.29, 1.82) is 0 Å². The number of nitrogens with one attached hydrogen (secondary N) is 1. The number of hydrogen-bond donors (Lipinski definition) is 2. The van der Waals surface area contributed by atoms with Crippen LogP contribution in [-0.4, -0.2) is 23.2 Å². The number of benzene rings is 1. The molecule has 2 saturated carbocycles. The Bertz CT molecular complexity index is 501. The van der Waals surface area contributed by atoms with E-state index in [0.717, 1.165) is 25.7 Å². The molecule has 3 nitrogen and oxygen atoms in total. The van der Waals surface area contributed by atoms with E-state index in [1.165, 1.54) is 12.0 Å². The number of hydrogen-bond acceptors (Lipinski definition) is 2. The number of rotatable bonds is 4. The SMILES string of the molecule is CC1CCCC(CO)(NC(=O)C2CC2c2ccccc2)C1. The van der Waals surface area contributed by atoms with E-state index in [1.54, 1.807) is 0 Å². The van der Waals surface area contributed by atoms with Gasteiger partial charge >= 0.3 is 0 Å². The van der Waals surface area contributed by atoms with E-state index in [0.29, 0.717) is 11.8 Å². The first kappa shape index (κ1) is 14.6. The Morgan fingerprint density at radius 1 is 1.38 bits per heavy atom. The molecule has 0 radical (unpaired) electrons. The Labute approximate surface area is 126 Å². The van der Waals surface area contributed by atoms with Gasteiger partial charge in [-0.1, -0.05) is 50.1 Å². The highest BCUT2D eigenvalue weighted by Crippen LogP contribution is 2.48. The molecule has 0 aliphatic heterocycles. The van der Waals surface area contributed by atoms with Gasteiger partial charge in [-0.25, -0.2) is 0 Å². The summed E-state index contributed by atoms with van der Waals surface area (Å²) in [6, 6.07) is 10.3. The molecule has 2 aliphatic rings. The zero-order valence-electron chi connectivity index (χ0n) is 12.7. The van der Waals surface area contributed by atoms with Crippen molar-refractivity contribution in [3.8, 4) is 0 Å². The molecule has 1 aromatic rings. The van der Waals surface area contributed by atoms with E-state index in [2.05, 4.69) is 24.4 Å². The highest BCUT2D eigenvalue weighted by Gasteiger charge is 2.46. The summed E-state index contributed by atoms with van der Waals surface area (Å²) in [5, 5.41) is 13.0. The lowest BCUT2D eigenvalue weighted by molar-refractivity contribution is -0.125. The highest BCUT2D eigenvalue weighted by molar-refractivity contribution is 5.83. The van der Waals surface area contributed by atoms with Crippen LogP contribution < -0.4 is 5.32 Å². The van der Waals surface area contributed by atoms with Crippen molar-refractivity contribution in [2.24, 2.45) is 11.8 Å². The summed E-state index contributed by atoms with van der Waals surface area (Å²) in [6.07, 6.45) is 5.04. The highest BCUT2D eigenvalue weighted by atomic mass is 16.3. The summed E-state index contributed by atoms with van der Waals surface area (Å²) in [7, 11) is 0. The fraction of sp³-hybridized carbons (Fsp3) is 0.611. The fourth-order valence-electron chi connectivity index (χ4n) is 3.86. The smallest absolute Gasteiger partial charge is 0.224 e. The quantitative estimate of drug-likeness (QED) is 0.894. The van der Waals surface area contributed by atoms with Gasteiger partial charge in [-0.05, 0) is 36.7 Å². The van der Waals surface area contributed by atoms with Crippen molar-refractivity contribution in [3.05, 3.63) is 35.9 Å². The van der Waals surface area contributed by atoms with E-state index in [9.17, 15) is 9.90 Å². The summed E-state index contributed by atoms with van der Waals surface area (Å²) in [6.45, 7) is 2.27. The van der Waals surface area contributed by atoms with Gasteiger partial charge in [0, 0.05) is 5.92 Å². The monoisotopic (exact) mass is 287 g/mol. The number of amides is 1. The van der Waals surface area contributed by atoms with Gasteiger partial charge in [0.25, 0.3) is 0 Å². The molecular weight excluding hydrogens is 262 g/mol. The van der Waals surface area contributed by atoms with Crippen LogP contribution in [0.1, 0.15) is 50.5 Å². The van der Waals surface area contributed by atoms with Crippen LogP contribution in [-0.2, 0) is 4.79 Å². The van der Waals surface area contributed by atoms with Crippen LogP contribution >= 0.6 is 0 Å². The summed E-state index contributed by atoms with van der Waals surface area (Å²) >= 11 is 0. The van der Waals surface area contributed by atoms with Crippen LogP contribution in [0.3, 0.4) is 0 Å². The second-order valence-electron chi connectivity index (χ2n) is 6.99. The van der Waals surface area contributed by atoms with Gasteiger partial charge in [0.15, 0.2) is 0 Å². The molecule has 4 unspecified atom stereocenters. The first-order valence-electron chi connectivity index (χ1n) is 8.11. The van der Waals surface area contributed by atoms with Crippen molar-refractivity contribution in [1.82, 2.24) is 5.32 Å². The maximum absolute atomic E-state index is 12.5. The minimum atomic E-state index is -0.376. The van der Waals surface area contributed by atoms with Gasteiger partial charge in [0.1, 0.15) is 0 Å². The van der Waals surface area contributed by atoms with Crippen LogP contribution in [0.5, 0.6) is 0 Å². The lowest BCUT2D eigenvalue weighted by Crippen LogP contribution is -2.54. The molecular formula is C18H25NO2. The van der Waals surface area contributed by atoms with Crippen LogP contribution in [0.4, 0.5) is 0 Å². The minimum Gasteiger partial charge on any atom is -0.394 e. The lowest BCUT2D eigenvalue weighted by Gasteiger charge is -2.39. The van der Waals surface area contributed by atoms with Crippen molar-refractivity contribution in [2.75, 3.05) is 6.61 Å². The van der Waals surface area contributed by atoms with Gasteiger partial charge in [-0.15, -0.1) is 0 Å². The molecule has 0 bridgehead atoms. The van der Waals surface area contributed by atoms with Gasteiger partial charge in [0.05, 0.1) is 12.1 Å². The molecule has 2 N–H and O–H groups in total. The van der Waals surface area contributed by atoms with Crippen molar-refractivity contribution in [2.45, 2.75) is 50.5 Å². The third-order valence-electron chi connectivity index (χ3n) is 5.14. The molecule has 21 heavy (non-hydrogen) atoms. The Kier molecular flexibility index (Phi) is 4.03. The van der Waals surface area contributed by atoms with E-state index in [-0.39, 0.29) is 24.0 Å². The fourth-order valence-corrected chi connectivity index (χ4v) is 3.86. The predicted octanol–water partition coefficient (Wildman–Crippen LogP) is 2.85. The van der Waals surface area contributed by atoms with Crippen molar-refractivity contribution in [3.63, 3.8) is 0 Å². The van der Waals surface area contributed by atoms with E-state index in [1.807, 2.05) is 18.2 Å². The second-order valence-corrected chi connectivity index (χ2v) is 6.99. The van der Waals surface area contributed by atoms with E-state index >= 15 is 0 Å². The normalized spacial score (nSPS) is 35.2. The molecule has 2 fully saturated rings. The van der Waals surface area contributed by atoms with Crippen molar-refractivity contribution < 1.29 is 9.90 Å². The maximum Gasteiger partial charge on any atom is 0.224 e. The zero-order chi connectivity index (χ0) is 14.9. The first-order valence-corrected chi connectivity index (χ1v) is 8.11. The lowest BCUT2D eigenvalue weighted by atomic mass is 9.76. The Morgan fingerprint density at radius 2 is 2.14 bits per heavy atom. The number of aliphatic hydroxyl groups is 1. The predicted molar refractivity (Wildman–Crippen MR) is 82.9 cm³/mol. The molecule has 1 amide bonds. The Balaban J connectivity index is 1.62. The molecule has 114 valence electrons. The number of carbonyl (C=O) groups excluding carboxylic acids is 1. The topological polar surface area (TPSA) is 49.3 Å². The summed E-state index contributed by atoms with van der Waals surface area (Å²) < 4.78 is 0. The molecule has 2 aliphatic carbocycles. The molecule has 1 aromatic carbocycles. The zero-order valence-corrected chi connectivity index (χ0v) is 12.7. The van der Waals surface area contributed by atoms with Crippen molar-refractivity contribution >= 4 is 5.91 Å². The molecule has 0 saturated heterocycles. The third kappa shape index (κ3) is 3.13. The van der Waals surface area contributed by atoms with Crippen LogP contribution in [0.2, 0.25) is 0 Å². The van der Waals surface area contributed by atoms with Gasteiger partial charge in [-0.2, -0.15) is 0 Å². The summed E-state index contributed by atoms with van der Waals surface area (Å²) in [4.78, 5) is 12.5. The molecule has 0 spiro atoms. The third-order valence-corrected chi connectivity index (χ3v) is 5.14. The van der Waals surface area contributed by atoms with Gasteiger partial charge < -0.3 is 10.4 Å². The maximum atomic E-state index is 12.5. The number of carbonyl (C=O) groups is 1. The van der Waals surface area contributed by atoms with Gasteiger partial charge in [0.2, 0.25) is 5.91 Å². The molecule has 0 aromatic heterocycles. The largest absolute Gasteiger partial charge is 0.394 e. The second kappa shape index (κ2) is 5.80. The first-order chi connectivity index (χ1) is 10.1. The minimum absolute atomic E-state index is 0.0613. The number of aliphatic hydroxyl groups excluding tert-OH is 1. The molecule has 0 heterocycles. The standard InChI is InChI=1S/C18H25NO2/c1-13-6-5-9-18(11-13,12-20)19-17(21)16-10-15(16)14-7-3-2-4-8-14/h2-4,7-8,13,15-16,20H,5-6,9-12H2,1H3,(H,19,21). The van der Waals surface area contributed by atoms with Crippen LogP contribution in [0.15, 0.2) is 30.3 Å². The van der Waals surface area contributed by atoms with E-state index < -0.39 is 0 Å². The van der Waals surface area contributed by atoms with E-state index in [4.69, 9.17) is 0 Å². The molecule has 3 rings (SSSR count). The van der Waals surface area contributed by atoms with Crippen LogP contribution in [0.25, 0.3) is 0 Å². The summed E-state index contributed by atoms with van der Waals surface area (Å²) in [5.41, 5.74) is 0.881.